The van der Waals surface area contributed by atoms with Crippen LogP contribution in [-0.4, -0.2) is 66.8 Å². The van der Waals surface area contributed by atoms with E-state index in [2.05, 4.69) is 59.5 Å². The van der Waals surface area contributed by atoms with Gasteiger partial charge in [0.1, 0.15) is 0 Å². The molecule has 3 atom stereocenters. The Labute approximate surface area is 220 Å². The minimum atomic E-state index is -0.779. The van der Waals surface area contributed by atoms with Crippen molar-refractivity contribution in [1.82, 2.24) is 4.90 Å². The smallest absolute Gasteiger partial charge is 0.303 e. The van der Waals surface area contributed by atoms with Crippen molar-refractivity contribution in [1.29, 1.82) is 0 Å². The van der Waals surface area contributed by atoms with Crippen LogP contribution in [0.25, 0.3) is 11.1 Å². The normalized spacial score (nSPS) is 22.6. The quantitative estimate of drug-likeness (QED) is 0.299. The van der Waals surface area contributed by atoms with Crippen LogP contribution in [0.5, 0.6) is 0 Å². The first-order chi connectivity index (χ1) is 18.1. The van der Waals surface area contributed by atoms with Gasteiger partial charge in [-0.1, -0.05) is 66.7 Å². The fourth-order valence-corrected chi connectivity index (χ4v) is 5.51. The number of carboxylic acids is 1. The molecule has 6 nitrogen and oxygen atoms in total. The number of benzene rings is 2. The number of hydrogen-bond donors (Lipinski definition) is 1. The summed E-state index contributed by atoms with van der Waals surface area (Å²) in [4.78, 5) is 26.1. The van der Waals surface area contributed by atoms with E-state index < -0.39 is 5.97 Å². The van der Waals surface area contributed by atoms with Crippen LogP contribution in [-0.2, 0) is 25.5 Å². The summed E-state index contributed by atoms with van der Waals surface area (Å²) in [5.41, 5.74) is 3.74. The average molecular weight is 506 g/mol. The number of carbonyl (C=O) groups excluding carboxylic acids is 1. The van der Waals surface area contributed by atoms with Crippen molar-refractivity contribution >= 4 is 11.8 Å². The van der Waals surface area contributed by atoms with E-state index >= 15 is 0 Å². The fourth-order valence-electron chi connectivity index (χ4n) is 5.51. The molecule has 2 aliphatic rings. The molecule has 198 valence electrons. The van der Waals surface area contributed by atoms with Crippen LogP contribution >= 0.6 is 0 Å². The molecule has 0 spiro atoms. The highest BCUT2D eigenvalue weighted by molar-refractivity contribution is 5.87. The SMILES string of the molecule is O=C(O)CC/C=C\CC[C@H]1[C@@H](OCCCc2ccc(-c3ccccc3)cc2)CC(=O)[C@@H]1N1CCOCC1. The average Bonchev–Trinajstić information content (AvgIpc) is 3.24. The van der Waals surface area contributed by atoms with Crippen molar-refractivity contribution in [2.75, 3.05) is 32.9 Å². The zero-order valence-electron chi connectivity index (χ0n) is 21.6. The highest BCUT2D eigenvalue weighted by Crippen LogP contribution is 2.34. The number of rotatable bonds is 13. The molecule has 2 aromatic carbocycles. The Balaban J connectivity index is 1.28. The molecule has 2 aromatic rings. The van der Waals surface area contributed by atoms with E-state index in [1.54, 1.807) is 0 Å². The second kappa shape index (κ2) is 14.2. The molecule has 6 heteroatoms. The first kappa shape index (κ1) is 27.2. The number of aryl methyl sites for hydroxylation is 1. The number of hydrogen-bond acceptors (Lipinski definition) is 5. The van der Waals surface area contributed by atoms with Crippen LogP contribution in [0.15, 0.2) is 66.7 Å². The van der Waals surface area contributed by atoms with Gasteiger partial charge in [0, 0.05) is 38.5 Å². The first-order valence-electron chi connectivity index (χ1n) is 13.6. The Morgan fingerprint density at radius 3 is 2.43 bits per heavy atom. The number of Topliss-reactive ketones (excluding diaryl/α,β-unsaturated/α-hetero) is 1. The van der Waals surface area contributed by atoms with Crippen LogP contribution in [0, 0.1) is 5.92 Å². The Morgan fingerprint density at radius 1 is 1.00 bits per heavy atom. The fraction of sp³-hybridized carbons (Fsp3) is 0.484. The maximum atomic E-state index is 13.1. The second-order valence-electron chi connectivity index (χ2n) is 9.98. The summed E-state index contributed by atoms with van der Waals surface area (Å²) in [5, 5.41) is 8.82. The van der Waals surface area contributed by atoms with Crippen LogP contribution in [0.4, 0.5) is 0 Å². The van der Waals surface area contributed by atoms with Gasteiger partial charge in [-0.05, 0) is 48.8 Å². The summed E-state index contributed by atoms with van der Waals surface area (Å²) in [6.07, 6.45) is 8.64. The van der Waals surface area contributed by atoms with Crippen LogP contribution < -0.4 is 0 Å². The summed E-state index contributed by atoms with van der Waals surface area (Å²) in [5.74, 6) is -0.345. The maximum absolute atomic E-state index is 13.1. The third kappa shape index (κ3) is 8.09. The van der Waals surface area contributed by atoms with Gasteiger partial charge in [-0.2, -0.15) is 0 Å². The van der Waals surface area contributed by atoms with Gasteiger partial charge in [-0.15, -0.1) is 0 Å². The Kier molecular flexibility index (Phi) is 10.5. The third-order valence-corrected chi connectivity index (χ3v) is 7.42. The number of carboxylic acid groups (broad SMARTS) is 1. The molecule has 0 amide bonds. The highest BCUT2D eigenvalue weighted by atomic mass is 16.5. The zero-order chi connectivity index (χ0) is 25.9. The van der Waals surface area contributed by atoms with E-state index in [-0.39, 0.29) is 30.3 Å². The van der Waals surface area contributed by atoms with Crippen molar-refractivity contribution in [3.63, 3.8) is 0 Å². The topological polar surface area (TPSA) is 76.1 Å². The molecule has 1 saturated heterocycles. The van der Waals surface area contributed by atoms with Gasteiger partial charge in [-0.3, -0.25) is 14.5 Å². The molecule has 0 radical (unpaired) electrons. The van der Waals surface area contributed by atoms with Crippen molar-refractivity contribution < 1.29 is 24.2 Å². The first-order valence-corrected chi connectivity index (χ1v) is 13.6. The summed E-state index contributed by atoms with van der Waals surface area (Å²) in [7, 11) is 0. The zero-order valence-corrected chi connectivity index (χ0v) is 21.6. The molecule has 1 heterocycles. The number of ketones is 1. The van der Waals surface area contributed by atoms with Crippen molar-refractivity contribution in [3.05, 3.63) is 72.3 Å². The number of allylic oxidation sites excluding steroid dienone is 2. The van der Waals surface area contributed by atoms with Crippen LogP contribution in [0.2, 0.25) is 0 Å². The van der Waals surface area contributed by atoms with E-state index in [0.717, 1.165) is 38.8 Å². The second-order valence-corrected chi connectivity index (χ2v) is 9.98. The summed E-state index contributed by atoms with van der Waals surface area (Å²) in [6, 6.07) is 19.0. The molecule has 1 N–H and O–H groups in total. The number of aliphatic carboxylic acids is 1. The van der Waals surface area contributed by atoms with E-state index in [1.807, 2.05) is 12.1 Å². The minimum absolute atomic E-state index is 0.0618. The minimum Gasteiger partial charge on any atom is -0.481 e. The van der Waals surface area contributed by atoms with Gasteiger partial charge in [-0.25, -0.2) is 0 Å². The number of carbonyl (C=O) groups is 2. The number of nitrogens with zero attached hydrogens (tertiary/aromatic N) is 1. The lowest BCUT2D eigenvalue weighted by Gasteiger charge is -2.35. The van der Waals surface area contributed by atoms with Gasteiger partial charge in [0.2, 0.25) is 0 Å². The van der Waals surface area contributed by atoms with Crippen molar-refractivity contribution in [2.24, 2.45) is 5.92 Å². The molecule has 1 aliphatic heterocycles. The third-order valence-electron chi connectivity index (χ3n) is 7.42. The van der Waals surface area contributed by atoms with E-state index in [0.29, 0.717) is 32.7 Å². The molecule has 1 aliphatic carbocycles. The van der Waals surface area contributed by atoms with E-state index in [9.17, 15) is 9.59 Å². The molecular formula is C31H39NO5. The predicted molar refractivity (Wildman–Crippen MR) is 144 cm³/mol. The van der Waals surface area contributed by atoms with E-state index in [1.165, 1.54) is 16.7 Å². The Bertz CT molecular complexity index is 1010. The van der Waals surface area contributed by atoms with Gasteiger partial charge < -0.3 is 14.6 Å². The summed E-state index contributed by atoms with van der Waals surface area (Å²) in [6.45, 7) is 3.54. The molecule has 0 aromatic heterocycles. The lowest BCUT2D eigenvalue weighted by molar-refractivity contribution is -0.136. The van der Waals surface area contributed by atoms with E-state index in [4.69, 9.17) is 14.6 Å². The predicted octanol–water partition coefficient (Wildman–Crippen LogP) is 5.16. The monoisotopic (exact) mass is 505 g/mol. The maximum Gasteiger partial charge on any atom is 0.303 e. The van der Waals surface area contributed by atoms with Crippen molar-refractivity contribution in [2.45, 2.75) is 57.1 Å². The van der Waals surface area contributed by atoms with Crippen LogP contribution in [0.1, 0.15) is 44.1 Å². The lowest BCUT2D eigenvalue weighted by Crippen LogP contribution is -2.49. The van der Waals surface area contributed by atoms with Gasteiger partial charge in [0.05, 0.1) is 25.4 Å². The highest BCUT2D eigenvalue weighted by Gasteiger charge is 2.45. The van der Waals surface area contributed by atoms with Gasteiger partial charge >= 0.3 is 5.97 Å². The molecule has 2 fully saturated rings. The van der Waals surface area contributed by atoms with Crippen LogP contribution in [0.3, 0.4) is 0 Å². The molecule has 4 rings (SSSR count). The standard InChI is InChI=1S/C31H39NO5/c33-28-23-29(37-20-8-9-24-14-16-26(17-15-24)25-10-4-3-5-11-25)27(12-6-1-2-7-13-30(34)35)31(28)32-18-21-36-22-19-32/h1-5,10-11,14-17,27,29,31H,6-9,12-13,18-23H2,(H,34,35)/b2-1-/t27-,29-,31+/m0/s1. The van der Waals surface area contributed by atoms with Crippen molar-refractivity contribution in [3.8, 4) is 11.1 Å². The number of ether oxygens (including phenoxy) is 2. The molecular weight excluding hydrogens is 466 g/mol. The Morgan fingerprint density at radius 2 is 1.70 bits per heavy atom. The molecule has 1 saturated carbocycles. The molecule has 0 unspecified atom stereocenters. The molecule has 37 heavy (non-hydrogen) atoms. The van der Waals surface area contributed by atoms with Gasteiger partial charge in [0.15, 0.2) is 5.78 Å². The Hall–Kier alpha value is -2.80. The summed E-state index contributed by atoms with van der Waals surface area (Å²) < 4.78 is 11.9. The largest absolute Gasteiger partial charge is 0.481 e. The van der Waals surface area contributed by atoms with Gasteiger partial charge in [0.25, 0.3) is 0 Å². The molecule has 0 bridgehead atoms. The number of morpholine rings is 1. The lowest BCUT2D eigenvalue weighted by atomic mass is 9.93. The summed E-state index contributed by atoms with van der Waals surface area (Å²) >= 11 is 0.